The van der Waals surface area contributed by atoms with Crippen molar-refractivity contribution in [2.75, 3.05) is 27.9 Å². The third-order valence-electron chi connectivity index (χ3n) is 5.69. The van der Waals surface area contributed by atoms with Crippen molar-refractivity contribution in [3.63, 3.8) is 0 Å². The van der Waals surface area contributed by atoms with Crippen LogP contribution in [0.3, 0.4) is 0 Å². The minimum absolute atomic E-state index is 0.142. The van der Waals surface area contributed by atoms with Gasteiger partial charge < -0.3 is 19.2 Å². The van der Waals surface area contributed by atoms with Crippen LogP contribution in [0.5, 0.6) is 11.5 Å². The second-order valence-electron chi connectivity index (χ2n) is 7.47. The molecule has 31 heavy (non-hydrogen) atoms. The lowest BCUT2D eigenvalue weighted by atomic mass is 10.0. The fraction of sp³-hybridized carbons (Fsp3) is 0.348. The molecule has 1 aliphatic rings. The van der Waals surface area contributed by atoms with Gasteiger partial charge in [-0.05, 0) is 43.7 Å². The van der Waals surface area contributed by atoms with E-state index in [1.807, 2.05) is 18.2 Å². The standard InChI is InChI=1S/C23H25N3O5/c1-29-15-7-9-17(20(12-15)30-2)19-5-4-10-26(19)13-21-24-18-11-14(23(28)31-3)6-8-16(18)22(27)25-21/h6-9,11-12,19H,4-5,10,13H2,1-3H3,(H,24,25,27)/t19-/m0/s1. The molecule has 8 heteroatoms. The van der Waals surface area contributed by atoms with Crippen molar-refractivity contribution < 1.29 is 19.0 Å². The highest BCUT2D eigenvalue weighted by molar-refractivity contribution is 5.93. The highest BCUT2D eigenvalue weighted by atomic mass is 16.5. The summed E-state index contributed by atoms with van der Waals surface area (Å²) in [4.78, 5) is 34.2. The molecule has 1 fully saturated rings. The van der Waals surface area contributed by atoms with Crippen LogP contribution in [0, 0.1) is 0 Å². The normalized spacial score (nSPS) is 16.4. The van der Waals surface area contributed by atoms with Gasteiger partial charge in [0.1, 0.15) is 17.3 Å². The summed E-state index contributed by atoms with van der Waals surface area (Å²) >= 11 is 0. The van der Waals surface area contributed by atoms with Gasteiger partial charge in [0.15, 0.2) is 0 Å². The van der Waals surface area contributed by atoms with Crippen molar-refractivity contribution in [2.24, 2.45) is 0 Å². The maximum Gasteiger partial charge on any atom is 0.337 e. The Hall–Kier alpha value is -3.39. The summed E-state index contributed by atoms with van der Waals surface area (Å²) in [5, 5.41) is 0.436. The smallest absolute Gasteiger partial charge is 0.337 e. The molecule has 1 aromatic heterocycles. The quantitative estimate of drug-likeness (QED) is 0.609. The number of esters is 1. The average Bonchev–Trinajstić information content (AvgIpc) is 3.25. The van der Waals surface area contributed by atoms with Crippen molar-refractivity contribution in [3.05, 3.63) is 63.7 Å². The van der Waals surface area contributed by atoms with Gasteiger partial charge in [-0.2, -0.15) is 0 Å². The summed E-state index contributed by atoms with van der Waals surface area (Å²) in [5.41, 5.74) is 1.69. The van der Waals surface area contributed by atoms with Gasteiger partial charge in [0.05, 0.1) is 44.3 Å². The van der Waals surface area contributed by atoms with E-state index in [2.05, 4.69) is 14.9 Å². The molecule has 0 saturated carbocycles. The number of aromatic nitrogens is 2. The van der Waals surface area contributed by atoms with Crippen LogP contribution < -0.4 is 15.0 Å². The van der Waals surface area contributed by atoms with E-state index in [1.165, 1.54) is 7.11 Å². The minimum atomic E-state index is -0.461. The Kier molecular flexibility index (Phi) is 5.90. The Morgan fingerprint density at radius 2 is 2.00 bits per heavy atom. The Labute approximate surface area is 179 Å². The molecule has 0 amide bonds. The van der Waals surface area contributed by atoms with Crippen molar-refractivity contribution in [2.45, 2.75) is 25.4 Å². The van der Waals surface area contributed by atoms with E-state index in [1.54, 1.807) is 32.4 Å². The molecule has 0 unspecified atom stereocenters. The number of rotatable bonds is 6. The zero-order valence-electron chi connectivity index (χ0n) is 17.8. The molecule has 0 bridgehead atoms. The van der Waals surface area contributed by atoms with Gasteiger partial charge >= 0.3 is 5.97 Å². The van der Waals surface area contributed by atoms with Crippen molar-refractivity contribution >= 4 is 16.9 Å². The Morgan fingerprint density at radius 1 is 1.16 bits per heavy atom. The van der Waals surface area contributed by atoms with Gasteiger partial charge in [-0.3, -0.25) is 9.69 Å². The van der Waals surface area contributed by atoms with E-state index in [9.17, 15) is 9.59 Å². The lowest BCUT2D eigenvalue weighted by Gasteiger charge is -2.26. The number of likely N-dealkylation sites (tertiary alicyclic amines) is 1. The largest absolute Gasteiger partial charge is 0.497 e. The molecule has 0 radical (unpaired) electrons. The van der Waals surface area contributed by atoms with Crippen LogP contribution in [-0.2, 0) is 11.3 Å². The molecule has 4 rings (SSSR count). The summed E-state index contributed by atoms with van der Waals surface area (Å²) in [6.45, 7) is 1.36. The molecule has 0 aliphatic carbocycles. The number of H-pyrrole nitrogens is 1. The lowest BCUT2D eigenvalue weighted by Crippen LogP contribution is -2.26. The molecule has 0 spiro atoms. The Bertz CT molecular complexity index is 1170. The number of methoxy groups -OCH3 is 3. The number of nitrogens with one attached hydrogen (secondary N) is 1. The Balaban J connectivity index is 1.65. The highest BCUT2D eigenvalue weighted by Crippen LogP contribution is 2.39. The summed E-state index contributed by atoms with van der Waals surface area (Å²) in [7, 11) is 4.60. The molecule has 1 atom stereocenters. The molecule has 3 aromatic rings. The summed E-state index contributed by atoms with van der Waals surface area (Å²) in [5.74, 6) is 1.61. The third kappa shape index (κ3) is 4.11. The summed E-state index contributed by atoms with van der Waals surface area (Å²) in [6.07, 6.45) is 2.01. The number of nitrogens with zero attached hydrogens (tertiary/aromatic N) is 2. The third-order valence-corrected chi connectivity index (χ3v) is 5.69. The van der Waals surface area contributed by atoms with Gasteiger partial charge in [-0.1, -0.05) is 6.07 Å². The monoisotopic (exact) mass is 423 g/mol. The van der Waals surface area contributed by atoms with Crippen LogP contribution in [0.1, 0.15) is 40.6 Å². The predicted octanol–water partition coefficient (Wildman–Crippen LogP) is 3.06. The average molecular weight is 423 g/mol. The Morgan fingerprint density at radius 3 is 2.74 bits per heavy atom. The first-order chi connectivity index (χ1) is 15.0. The van der Waals surface area contributed by atoms with Crippen LogP contribution in [0.4, 0.5) is 0 Å². The van der Waals surface area contributed by atoms with Crippen molar-refractivity contribution in [1.82, 2.24) is 14.9 Å². The van der Waals surface area contributed by atoms with Crippen molar-refractivity contribution in [3.8, 4) is 11.5 Å². The first-order valence-corrected chi connectivity index (χ1v) is 10.1. The molecule has 2 heterocycles. The van der Waals surface area contributed by atoms with Gasteiger partial charge in [0.25, 0.3) is 5.56 Å². The fourth-order valence-corrected chi connectivity index (χ4v) is 4.16. The van der Waals surface area contributed by atoms with Crippen LogP contribution in [0.2, 0.25) is 0 Å². The molecule has 8 nitrogen and oxygen atoms in total. The first kappa shape index (κ1) is 20.9. The molecule has 2 aromatic carbocycles. The summed E-state index contributed by atoms with van der Waals surface area (Å²) < 4.78 is 15.7. The summed E-state index contributed by atoms with van der Waals surface area (Å²) in [6, 6.07) is 10.7. The molecule has 1 saturated heterocycles. The molecule has 162 valence electrons. The van der Waals surface area contributed by atoms with E-state index in [0.717, 1.165) is 36.4 Å². The van der Waals surface area contributed by atoms with E-state index in [0.29, 0.717) is 28.8 Å². The predicted molar refractivity (Wildman–Crippen MR) is 116 cm³/mol. The molecular weight excluding hydrogens is 398 g/mol. The number of carbonyl (C=O) groups is 1. The number of hydrogen-bond donors (Lipinski definition) is 1. The maximum absolute atomic E-state index is 12.6. The highest BCUT2D eigenvalue weighted by Gasteiger charge is 2.29. The van der Waals surface area contributed by atoms with Gasteiger partial charge in [-0.15, -0.1) is 0 Å². The number of benzene rings is 2. The van der Waals surface area contributed by atoms with Crippen LogP contribution in [0.25, 0.3) is 10.9 Å². The fourth-order valence-electron chi connectivity index (χ4n) is 4.16. The van der Waals surface area contributed by atoms with Gasteiger partial charge in [0.2, 0.25) is 0 Å². The van der Waals surface area contributed by atoms with E-state index in [4.69, 9.17) is 14.2 Å². The van der Waals surface area contributed by atoms with Gasteiger partial charge in [0, 0.05) is 17.7 Å². The second kappa shape index (κ2) is 8.77. The van der Waals surface area contributed by atoms with Crippen LogP contribution >= 0.6 is 0 Å². The molecular formula is C23H25N3O5. The second-order valence-corrected chi connectivity index (χ2v) is 7.47. The first-order valence-electron chi connectivity index (χ1n) is 10.1. The van der Waals surface area contributed by atoms with Crippen LogP contribution in [-0.4, -0.2) is 48.7 Å². The van der Waals surface area contributed by atoms with Gasteiger partial charge in [-0.25, -0.2) is 9.78 Å². The topological polar surface area (TPSA) is 93.8 Å². The van der Waals surface area contributed by atoms with E-state index < -0.39 is 5.97 Å². The number of hydrogen-bond acceptors (Lipinski definition) is 7. The number of carbonyl (C=O) groups excluding carboxylic acids is 1. The van der Waals surface area contributed by atoms with Crippen LogP contribution in [0.15, 0.2) is 41.2 Å². The van der Waals surface area contributed by atoms with Crippen molar-refractivity contribution in [1.29, 1.82) is 0 Å². The van der Waals surface area contributed by atoms with E-state index in [-0.39, 0.29) is 11.6 Å². The zero-order valence-corrected chi connectivity index (χ0v) is 17.8. The minimum Gasteiger partial charge on any atom is -0.497 e. The number of fused-ring (bicyclic) bond motifs is 1. The van der Waals surface area contributed by atoms with E-state index >= 15 is 0 Å². The molecule has 1 aliphatic heterocycles. The molecule has 1 N–H and O–H groups in total. The lowest BCUT2D eigenvalue weighted by molar-refractivity contribution is 0.0601. The SMILES string of the molecule is COC(=O)c1ccc2c(=O)[nH]c(CN3CCC[C@H]3c3ccc(OC)cc3OC)nc2c1. The number of ether oxygens (including phenoxy) is 3. The number of aromatic amines is 1. The zero-order chi connectivity index (χ0) is 22.0. The maximum atomic E-state index is 12.6.